The molecule has 0 bridgehead atoms. The summed E-state index contributed by atoms with van der Waals surface area (Å²) in [6.45, 7) is 2.33. The minimum Gasteiger partial charge on any atom is -0.477 e. The van der Waals surface area contributed by atoms with E-state index in [9.17, 15) is 4.79 Å². The Hall–Kier alpha value is -1.95. The number of nitrogens with zero attached hydrogens (tertiary/aromatic N) is 2. The molecule has 0 aliphatic heterocycles. The molecule has 0 atom stereocenters. The first-order chi connectivity index (χ1) is 8.15. The Morgan fingerprint density at radius 1 is 1.53 bits per heavy atom. The first-order valence-electron chi connectivity index (χ1n) is 4.99. The van der Waals surface area contributed by atoms with Gasteiger partial charge in [0.2, 0.25) is 5.95 Å². The second-order valence-corrected chi connectivity index (χ2v) is 4.29. The molecule has 88 valence electrons. The van der Waals surface area contributed by atoms with Crippen LogP contribution in [-0.4, -0.2) is 21.0 Å². The van der Waals surface area contributed by atoms with E-state index >= 15 is 0 Å². The summed E-state index contributed by atoms with van der Waals surface area (Å²) < 4.78 is 0. The van der Waals surface area contributed by atoms with Gasteiger partial charge in [-0.3, -0.25) is 0 Å². The third-order valence-corrected chi connectivity index (χ3v) is 2.84. The summed E-state index contributed by atoms with van der Waals surface area (Å²) in [6, 6.07) is 3.43. The quantitative estimate of drug-likeness (QED) is 0.868. The number of nitrogens with one attached hydrogen (secondary N) is 1. The molecule has 0 unspecified atom stereocenters. The topological polar surface area (TPSA) is 75.1 Å². The zero-order valence-electron chi connectivity index (χ0n) is 9.17. The Morgan fingerprint density at radius 3 is 3.00 bits per heavy atom. The van der Waals surface area contributed by atoms with Crippen LogP contribution in [0.3, 0.4) is 0 Å². The number of aromatic nitrogens is 2. The molecule has 0 aliphatic carbocycles. The lowest BCUT2D eigenvalue weighted by Gasteiger charge is -2.05. The van der Waals surface area contributed by atoms with Crippen molar-refractivity contribution in [2.24, 2.45) is 0 Å². The number of aromatic carboxylic acids is 1. The highest BCUT2D eigenvalue weighted by molar-refractivity contribution is 7.07. The van der Waals surface area contributed by atoms with Crippen molar-refractivity contribution in [3.63, 3.8) is 0 Å². The molecule has 2 aromatic rings. The summed E-state index contributed by atoms with van der Waals surface area (Å²) in [5.74, 6) is -0.706. The highest BCUT2D eigenvalue weighted by Crippen LogP contribution is 2.09. The Morgan fingerprint density at radius 2 is 2.35 bits per heavy atom. The lowest BCUT2D eigenvalue weighted by Crippen LogP contribution is -2.08. The molecule has 0 radical (unpaired) electrons. The van der Waals surface area contributed by atoms with E-state index < -0.39 is 5.97 Å². The van der Waals surface area contributed by atoms with Crippen LogP contribution in [0.2, 0.25) is 0 Å². The van der Waals surface area contributed by atoms with Crippen molar-refractivity contribution in [2.45, 2.75) is 13.5 Å². The second-order valence-electron chi connectivity index (χ2n) is 3.51. The van der Waals surface area contributed by atoms with Gasteiger partial charge in [-0.05, 0) is 35.4 Å². The largest absolute Gasteiger partial charge is 0.477 e. The van der Waals surface area contributed by atoms with Crippen LogP contribution in [0, 0.1) is 6.92 Å². The fraction of sp³-hybridized carbons (Fsp3) is 0.182. The molecular formula is C11H11N3O2S. The monoisotopic (exact) mass is 249 g/mol. The highest BCUT2D eigenvalue weighted by atomic mass is 32.1. The van der Waals surface area contributed by atoms with Gasteiger partial charge in [0.25, 0.3) is 0 Å². The van der Waals surface area contributed by atoms with Crippen LogP contribution in [0.1, 0.15) is 21.7 Å². The van der Waals surface area contributed by atoms with Crippen LogP contribution < -0.4 is 5.32 Å². The first-order valence-corrected chi connectivity index (χ1v) is 5.93. The van der Waals surface area contributed by atoms with E-state index in [0.717, 1.165) is 5.56 Å². The standard InChI is InChI=1S/C11H11N3O2S/c1-7-4-9(10(15)16)14-11(13-7)12-5-8-2-3-17-6-8/h2-4,6H,5H2,1H3,(H,15,16)(H,12,13,14). The number of carboxylic acids is 1. The summed E-state index contributed by atoms with van der Waals surface area (Å²) in [5, 5.41) is 15.9. The van der Waals surface area contributed by atoms with Crippen molar-refractivity contribution in [1.82, 2.24) is 9.97 Å². The molecule has 2 rings (SSSR count). The minimum absolute atomic E-state index is 0.00492. The van der Waals surface area contributed by atoms with Gasteiger partial charge in [-0.1, -0.05) is 0 Å². The maximum absolute atomic E-state index is 10.8. The van der Waals surface area contributed by atoms with E-state index in [2.05, 4.69) is 15.3 Å². The fourth-order valence-corrected chi connectivity index (χ4v) is 2.00. The number of aryl methyl sites for hydroxylation is 1. The molecule has 0 saturated heterocycles. The number of anilines is 1. The average molecular weight is 249 g/mol. The predicted molar refractivity (Wildman–Crippen MR) is 65.4 cm³/mol. The second kappa shape index (κ2) is 4.92. The maximum atomic E-state index is 10.8. The lowest BCUT2D eigenvalue weighted by atomic mass is 10.3. The van der Waals surface area contributed by atoms with Crippen molar-refractivity contribution >= 4 is 23.3 Å². The van der Waals surface area contributed by atoms with Gasteiger partial charge in [0.05, 0.1) is 0 Å². The normalized spacial score (nSPS) is 10.2. The van der Waals surface area contributed by atoms with Gasteiger partial charge in [-0.15, -0.1) is 0 Å². The number of thiophene rings is 1. The molecule has 6 heteroatoms. The van der Waals surface area contributed by atoms with E-state index in [1.807, 2.05) is 16.8 Å². The van der Waals surface area contributed by atoms with Crippen LogP contribution in [0.15, 0.2) is 22.9 Å². The molecule has 0 amide bonds. The number of carbonyl (C=O) groups is 1. The molecule has 0 fully saturated rings. The first kappa shape index (κ1) is 11.5. The average Bonchev–Trinajstić information content (AvgIpc) is 2.78. The van der Waals surface area contributed by atoms with Crippen LogP contribution in [-0.2, 0) is 6.54 Å². The Kier molecular flexibility index (Phi) is 3.34. The third-order valence-electron chi connectivity index (χ3n) is 2.10. The van der Waals surface area contributed by atoms with E-state index in [0.29, 0.717) is 18.2 Å². The van der Waals surface area contributed by atoms with Gasteiger partial charge < -0.3 is 10.4 Å². The molecule has 0 saturated carbocycles. The molecule has 2 N–H and O–H groups in total. The number of rotatable bonds is 4. The van der Waals surface area contributed by atoms with Crippen LogP contribution in [0.5, 0.6) is 0 Å². The smallest absolute Gasteiger partial charge is 0.354 e. The minimum atomic E-state index is -1.05. The number of hydrogen-bond acceptors (Lipinski definition) is 5. The van der Waals surface area contributed by atoms with E-state index in [1.165, 1.54) is 6.07 Å². The van der Waals surface area contributed by atoms with Crippen molar-refractivity contribution in [3.8, 4) is 0 Å². The lowest BCUT2D eigenvalue weighted by molar-refractivity contribution is 0.0690. The molecular weight excluding hydrogens is 238 g/mol. The number of carboxylic acid groups (broad SMARTS) is 1. The van der Waals surface area contributed by atoms with Crippen molar-refractivity contribution in [2.75, 3.05) is 5.32 Å². The molecule has 0 aliphatic rings. The molecule has 5 nitrogen and oxygen atoms in total. The molecule has 2 aromatic heterocycles. The van der Waals surface area contributed by atoms with E-state index in [-0.39, 0.29) is 5.69 Å². The van der Waals surface area contributed by atoms with E-state index in [1.54, 1.807) is 18.3 Å². The van der Waals surface area contributed by atoms with Gasteiger partial charge in [-0.25, -0.2) is 14.8 Å². The van der Waals surface area contributed by atoms with Gasteiger partial charge in [-0.2, -0.15) is 11.3 Å². The zero-order valence-corrected chi connectivity index (χ0v) is 9.99. The van der Waals surface area contributed by atoms with Crippen molar-refractivity contribution in [3.05, 3.63) is 39.8 Å². The van der Waals surface area contributed by atoms with Crippen molar-refractivity contribution < 1.29 is 9.90 Å². The van der Waals surface area contributed by atoms with Gasteiger partial charge >= 0.3 is 5.97 Å². The fourth-order valence-electron chi connectivity index (χ4n) is 1.33. The Labute approximate surface area is 102 Å². The Balaban J connectivity index is 2.13. The molecule has 0 aromatic carbocycles. The summed E-state index contributed by atoms with van der Waals surface area (Å²) in [5.41, 5.74) is 1.76. The highest BCUT2D eigenvalue weighted by Gasteiger charge is 2.08. The molecule has 0 spiro atoms. The third kappa shape index (κ3) is 3.01. The summed E-state index contributed by atoms with van der Waals surface area (Å²) in [4.78, 5) is 18.9. The van der Waals surface area contributed by atoms with Crippen LogP contribution in [0.4, 0.5) is 5.95 Å². The van der Waals surface area contributed by atoms with E-state index in [4.69, 9.17) is 5.11 Å². The Bertz CT molecular complexity index is 526. The van der Waals surface area contributed by atoms with Gasteiger partial charge in [0.15, 0.2) is 5.69 Å². The maximum Gasteiger partial charge on any atom is 0.354 e. The van der Waals surface area contributed by atoms with Crippen LogP contribution in [0.25, 0.3) is 0 Å². The summed E-state index contributed by atoms with van der Waals surface area (Å²) >= 11 is 1.61. The molecule has 2 heterocycles. The number of hydrogen-bond donors (Lipinski definition) is 2. The predicted octanol–water partition coefficient (Wildman–Crippen LogP) is 2.16. The summed E-state index contributed by atoms with van der Waals surface area (Å²) in [7, 11) is 0. The van der Waals surface area contributed by atoms with Crippen LogP contribution >= 0.6 is 11.3 Å². The van der Waals surface area contributed by atoms with Gasteiger partial charge in [0, 0.05) is 12.2 Å². The molecule has 17 heavy (non-hydrogen) atoms. The SMILES string of the molecule is Cc1cc(C(=O)O)nc(NCc2ccsc2)n1. The van der Waals surface area contributed by atoms with Gasteiger partial charge in [0.1, 0.15) is 0 Å². The zero-order chi connectivity index (χ0) is 12.3. The van der Waals surface area contributed by atoms with Crippen molar-refractivity contribution in [1.29, 1.82) is 0 Å². The summed E-state index contributed by atoms with van der Waals surface area (Å²) in [6.07, 6.45) is 0.